The Morgan fingerprint density at radius 3 is 2.67 bits per heavy atom. The molecule has 4 heteroatoms. The van der Waals surface area contributed by atoms with E-state index >= 15 is 0 Å². The lowest BCUT2D eigenvalue weighted by molar-refractivity contribution is 0.0600. The Morgan fingerprint density at radius 1 is 1.19 bits per heavy atom. The second-order valence-electron chi connectivity index (χ2n) is 5.01. The molecular weight excluding hydrogens is 266 g/mol. The molecular formula is C17H15NO3. The van der Waals surface area contributed by atoms with Crippen molar-refractivity contribution in [1.29, 1.82) is 0 Å². The molecule has 21 heavy (non-hydrogen) atoms. The van der Waals surface area contributed by atoms with Gasteiger partial charge in [0.05, 0.1) is 12.7 Å². The molecule has 1 aliphatic rings. The molecule has 0 aromatic heterocycles. The van der Waals surface area contributed by atoms with E-state index in [1.165, 1.54) is 7.11 Å². The molecule has 0 aliphatic carbocycles. The van der Waals surface area contributed by atoms with Crippen LogP contribution < -0.4 is 0 Å². The molecule has 0 N–H and O–H groups in total. The van der Waals surface area contributed by atoms with E-state index in [-0.39, 0.29) is 5.91 Å². The normalized spacial score (nSPS) is 13.2. The van der Waals surface area contributed by atoms with Gasteiger partial charge in [0.2, 0.25) is 0 Å². The van der Waals surface area contributed by atoms with Crippen LogP contribution >= 0.6 is 0 Å². The van der Waals surface area contributed by atoms with E-state index in [9.17, 15) is 9.59 Å². The first-order valence-corrected chi connectivity index (χ1v) is 6.73. The number of carbonyl (C=O) groups excluding carboxylic acids is 2. The SMILES string of the molecule is COC(=O)c1ccc2c(c1)C(=O)N(Cc1ccccc1)C2. The highest BCUT2D eigenvalue weighted by Gasteiger charge is 2.28. The molecule has 106 valence electrons. The average molecular weight is 281 g/mol. The van der Waals surface area contributed by atoms with Crippen molar-refractivity contribution in [2.75, 3.05) is 7.11 Å². The lowest BCUT2D eigenvalue weighted by atomic mass is 10.1. The summed E-state index contributed by atoms with van der Waals surface area (Å²) in [5, 5.41) is 0. The van der Waals surface area contributed by atoms with Gasteiger partial charge in [0.15, 0.2) is 0 Å². The maximum Gasteiger partial charge on any atom is 0.337 e. The lowest BCUT2D eigenvalue weighted by Gasteiger charge is -2.15. The van der Waals surface area contributed by atoms with Crippen molar-refractivity contribution in [2.45, 2.75) is 13.1 Å². The molecule has 0 spiro atoms. The molecule has 0 atom stereocenters. The zero-order valence-corrected chi connectivity index (χ0v) is 11.7. The monoisotopic (exact) mass is 281 g/mol. The first-order chi connectivity index (χ1) is 10.2. The maximum atomic E-state index is 12.4. The number of carbonyl (C=O) groups is 2. The second kappa shape index (κ2) is 5.40. The topological polar surface area (TPSA) is 46.6 Å². The van der Waals surface area contributed by atoms with Gasteiger partial charge in [-0.3, -0.25) is 4.79 Å². The quantitative estimate of drug-likeness (QED) is 0.812. The van der Waals surface area contributed by atoms with Gasteiger partial charge in [-0.25, -0.2) is 4.79 Å². The molecule has 0 saturated heterocycles. The van der Waals surface area contributed by atoms with Gasteiger partial charge in [0, 0.05) is 18.7 Å². The van der Waals surface area contributed by atoms with Crippen LogP contribution in [0.5, 0.6) is 0 Å². The fourth-order valence-electron chi connectivity index (χ4n) is 2.54. The van der Waals surface area contributed by atoms with E-state index in [1.54, 1.807) is 17.0 Å². The van der Waals surface area contributed by atoms with E-state index in [0.29, 0.717) is 24.2 Å². The Kier molecular flexibility index (Phi) is 3.44. The van der Waals surface area contributed by atoms with E-state index in [2.05, 4.69) is 4.74 Å². The summed E-state index contributed by atoms with van der Waals surface area (Å²) >= 11 is 0. The van der Waals surface area contributed by atoms with Gasteiger partial charge >= 0.3 is 5.97 Å². The Bertz CT molecular complexity index is 694. The summed E-state index contributed by atoms with van der Waals surface area (Å²) in [6.45, 7) is 1.15. The van der Waals surface area contributed by atoms with Crippen molar-refractivity contribution in [3.05, 3.63) is 70.8 Å². The third kappa shape index (κ3) is 2.52. The van der Waals surface area contributed by atoms with Crippen molar-refractivity contribution < 1.29 is 14.3 Å². The highest BCUT2D eigenvalue weighted by molar-refractivity contribution is 6.01. The van der Waals surface area contributed by atoms with Gasteiger partial charge in [0.25, 0.3) is 5.91 Å². The summed E-state index contributed by atoms with van der Waals surface area (Å²) in [5.41, 5.74) is 3.04. The van der Waals surface area contributed by atoms with Crippen molar-refractivity contribution in [3.8, 4) is 0 Å². The third-order valence-electron chi connectivity index (χ3n) is 3.63. The summed E-state index contributed by atoms with van der Waals surface area (Å²) in [6.07, 6.45) is 0. The van der Waals surface area contributed by atoms with Crippen molar-refractivity contribution in [3.63, 3.8) is 0 Å². The summed E-state index contributed by atoms with van der Waals surface area (Å²) < 4.78 is 4.69. The molecule has 2 aromatic rings. The maximum absolute atomic E-state index is 12.4. The largest absolute Gasteiger partial charge is 0.465 e. The molecule has 0 unspecified atom stereocenters. The summed E-state index contributed by atoms with van der Waals surface area (Å²) in [5.74, 6) is -0.466. The van der Waals surface area contributed by atoms with E-state index in [1.807, 2.05) is 36.4 Å². The van der Waals surface area contributed by atoms with Crippen molar-refractivity contribution >= 4 is 11.9 Å². The Balaban J connectivity index is 1.84. The van der Waals surface area contributed by atoms with Crippen LogP contribution in [0.1, 0.15) is 31.8 Å². The Morgan fingerprint density at radius 2 is 1.95 bits per heavy atom. The number of fused-ring (bicyclic) bond motifs is 1. The minimum atomic E-state index is -0.424. The smallest absolute Gasteiger partial charge is 0.337 e. The number of amides is 1. The van der Waals surface area contributed by atoms with Gasteiger partial charge < -0.3 is 9.64 Å². The van der Waals surface area contributed by atoms with Crippen LogP contribution in [0.2, 0.25) is 0 Å². The van der Waals surface area contributed by atoms with Crippen LogP contribution in [0.3, 0.4) is 0 Å². The molecule has 1 heterocycles. The molecule has 0 radical (unpaired) electrons. The number of hydrogen-bond donors (Lipinski definition) is 0. The molecule has 3 rings (SSSR count). The van der Waals surface area contributed by atoms with Crippen molar-refractivity contribution in [2.24, 2.45) is 0 Å². The molecule has 4 nitrogen and oxygen atoms in total. The van der Waals surface area contributed by atoms with Crippen LogP contribution in [-0.4, -0.2) is 23.9 Å². The van der Waals surface area contributed by atoms with Crippen LogP contribution in [0, 0.1) is 0 Å². The number of esters is 1. The summed E-state index contributed by atoms with van der Waals surface area (Å²) in [6, 6.07) is 15.0. The molecule has 1 aliphatic heterocycles. The molecule has 0 bridgehead atoms. The number of nitrogens with zero attached hydrogens (tertiary/aromatic N) is 1. The van der Waals surface area contributed by atoms with Gasteiger partial charge in [-0.2, -0.15) is 0 Å². The predicted molar refractivity (Wildman–Crippen MR) is 77.8 cm³/mol. The predicted octanol–water partition coefficient (Wildman–Crippen LogP) is 2.63. The summed E-state index contributed by atoms with van der Waals surface area (Å²) in [7, 11) is 1.33. The minimum Gasteiger partial charge on any atom is -0.465 e. The Hall–Kier alpha value is -2.62. The van der Waals surface area contributed by atoms with Crippen molar-refractivity contribution in [1.82, 2.24) is 4.90 Å². The standard InChI is InChI=1S/C17H15NO3/c1-21-17(20)13-7-8-14-11-18(16(19)15(14)9-13)10-12-5-3-2-4-6-12/h2-9H,10-11H2,1H3. The number of methoxy groups -OCH3 is 1. The van der Waals surface area contributed by atoms with E-state index in [4.69, 9.17) is 0 Å². The fourth-order valence-corrected chi connectivity index (χ4v) is 2.54. The highest BCUT2D eigenvalue weighted by atomic mass is 16.5. The number of benzene rings is 2. The van der Waals surface area contributed by atoms with Gasteiger partial charge in [0.1, 0.15) is 0 Å². The molecule has 0 fully saturated rings. The van der Waals surface area contributed by atoms with E-state index in [0.717, 1.165) is 11.1 Å². The number of rotatable bonds is 3. The molecule has 1 amide bonds. The number of hydrogen-bond acceptors (Lipinski definition) is 3. The van der Waals surface area contributed by atoms with Gasteiger partial charge in [-0.1, -0.05) is 36.4 Å². The second-order valence-corrected chi connectivity index (χ2v) is 5.01. The zero-order chi connectivity index (χ0) is 14.8. The Labute approximate surface area is 123 Å². The fraction of sp³-hybridized carbons (Fsp3) is 0.176. The van der Waals surface area contributed by atoms with Crippen LogP contribution in [-0.2, 0) is 17.8 Å². The van der Waals surface area contributed by atoms with Gasteiger partial charge in [-0.15, -0.1) is 0 Å². The molecule has 2 aromatic carbocycles. The third-order valence-corrected chi connectivity index (χ3v) is 3.63. The van der Waals surface area contributed by atoms with Crippen LogP contribution in [0.25, 0.3) is 0 Å². The molecule has 0 saturated carbocycles. The lowest BCUT2D eigenvalue weighted by Crippen LogP contribution is -2.23. The van der Waals surface area contributed by atoms with Gasteiger partial charge in [-0.05, 0) is 23.3 Å². The highest BCUT2D eigenvalue weighted by Crippen LogP contribution is 2.25. The minimum absolute atomic E-state index is 0.0420. The summed E-state index contributed by atoms with van der Waals surface area (Å²) in [4.78, 5) is 25.8. The van der Waals surface area contributed by atoms with E-state index < -0.39 is 5.97 Å². The number of ether oxygens (including phenoxy) is 1. The average Bonchev–Trinajstić information content (AvgIpc) is 2.83. The zero-order valence-electron chi connectivity index (χ0n) is 11.7. The van der Waals surface area contributed by atoms with Crippen LogP contribution in [0.4, 0.5) is 0 Å². The van der Waals surface area contributed by atoms with Crippen LogP contribution in [0.15, 0.2) is 48.5 Å². The first-order valence-electron chi connectivity index (χ1n) is 6.73. The first kappa shape index (κ1) is 13.4.